The van der Waals surface area contributed by atoms with Crippen molar-refractivity contribution in [3.05, 3.63) is 131 Å². The van der Waals surface area contributed by atoms with Gasteiger partial charge in [0, 0.05) is 31.6 Å². The van der Waals surface area contributed by atoms with Crippen LogP contribution in [0.5, 0.6) is 11.5 Å². The number of nitrogens with one attached hydrogen (secondary N) is 1. The molecule has 1 aliphatic heterocycles. The van der Waals surface area contributed by atoms with E-state index >= 15 is 0 Å². The summed E-state index contributed by atoms with van der Waals surface area (Å²) in [4.78, 5) is 19.5. The number of benzene rings is 4. The van der Waals surface area contributed by atoms with Crippen molar-refractivity contribution in [3.63, 3.8) is 0 Å². The van der Waals surface area contributed by atoms with Crippen molar-refractivity contribution in [3.8, 4) is 11.5 Å². The molecule has 1 amide bonds. The van der Waals surface area contributed by atoms with Gasteiger partial charge in [0.05, 0.1) is 13.2 Å². The molecule has 0 aliphatic carbocycles. The molecule has 5 rings (SSSR count). The Bertz CT molecular complexity index is 1490. The molecule has 2 N–H and O–H groups in total. The number of hydrogen-bond donors (Lipinski definition) is 2. The lowest BCUT2D eigenvalue weighted by molar-refractivity contribution is -0.128. The predicted octanol–water partition coefficient (Wildman–Crippen LogP) is 5.71. The van der Waals surface area contributed by atoms with Crippen LogP contribution in [0, 0.1) is 0 Å². The minimum absolute atomic E-state index is 0.0776. The van der Waals surface area contributed by atoms with Gasteiger partial charge in [0.1, 0.15) is 11.5 Å². The zero-order chi connectivity index (χ0) is 29.9. The number of carbonyl (C=O) groups is 1. The molecular formula is C36H38N2O5. The zero-order valence-electron chi connectivity index (χ0n) is 24.4. The van der Waals surface area contributed by atoms with E-state index in [1.165, 1.54) is 0 Å². The standard InChI is InChI=1S/C36H38N2O5/c1-2-41-32-17-10-9-14-28(32)22-23-37-35(40)36(26-27-12-5-3-6-13-27)33(29-15-7-4-8-16-29)43-34(38-36)30-18-20-31(21-19-30)42-25-11-24-39/h3-10,12-21,33,39H,2,11,22-26H2,1H3,(H,37,40)/t33-,36-/m1/s1. The Hall–Kier alpha value is -4.62. The van der Waals surface area contributed by atoms with Crippen molar-refractivity contribution < 1.29 is 24.1 Å². The van der Waals surface area contributed by atoms with E-state index in [4.69, 9.17) is 24.3 Å². The van der Waals surface area contributed by atoms with Gasteiger partial charge < -0.3 is 24.6 Å². The molecule has 0 spiro atoms. The number of aliphatic hydroxyl groups excluding tert-OH is 1. The molecule has 0 bridgehead atoms. The monoisotopic (exact) mass is 578 g/mol. The van der Waals surface area contributed by atoms with Crippen molar-refractivity contribution >= 4 is 11.8 Å². The summed E-state index contributed by atoms with van der Waals surface area (Å²) in [6.07, 6.45) is 0.903. The average Bonchev–Trinajstić information content (AvgIpc) is 3.43. The van der Waals surface area contributed by atoms with E-state index < -0.39 is 11.6 Å². The third-order valence-corrected chi connectivity index (χ3v) is 7.40. The van der Waals surface area contributed by atoms with E-state index in [0.717, 1.165) is 28.0 Å². The molecule has 0 saturated heterocycles. The van der Waals surface area contributed by atoms with E-state index in [1.807, 2.05) is 116 Å². The van der Waals surface area contributed by atoms with Crippen LogP contribution in [-0.2, 0) is 22.4 Å². The Morgan fingerprint density at radius 3 is 2.33 bits per heavy atom. The second kappa shape index (κ2) is 14.5. The molecule has 0 aromatic heterocycles. The predicted molar refractivity (Wildman–Crippen MR) is 168 cm³/mol. The summed E-state index contributed by atoms with van der Waals surface area (Å²) < 4.78 is 18.1. The van der Waals surface area contributed by atoms with E-state index in [0.29, 0.717) is 50.7 Å². The van der Waals surface area contributed by atoms with Gasteiger partial charge >= 0.3 is 0 Å². The van der Waals surface area contributed by atoms with Gasteiger partial charge in [-0.15, -0.1) is 0 Å². The van der Waals surface area contributed by atoms with Crippen molar-refractivity contribution in [2.24, 2.45) is 4.99 Å². The lowest BCUT2D eigenvalue weighted by atomic mass is 9.82. The fourth-order valence-corrected chi connectivity index (χ4v) is 5.29. The molecule has 7 heteroatoms. The highest BCUT2D eigenvalue weighted by Gasteiger charge is 2.53. The number of nitrogens with zero attached hydrogens (tertiary/aromatic N) is 1. The van der Waals surface area contributed by atoms with Gasteiger partial charge in [-0.1, -0.05) is 78.9 Å². The van der Waals surface area contributed by atoms with Gasteiger partial charge in [-0.3, -0.25) is 4.79 Å². The molecule has 0 saturated carbocycles. The Balaban J connectivity index is 1.47. The first-order valence-corrected chi connectivity index (χ1v) is 14.8. The topological polar surface area (TPSA) is 89.4 Å². The molecule has 43 heavy (non-hydrogen) atoms. The molecule has 4 aromatic carbocycles. The first-order valence-electron chi connectivity index (χ1n) is 14.8. The Morgan fingerprint density at radius 2 is 1.60 bits per heavy atom. The molecular weight excluding hydrogens is 540 g/mol. The van der Waals surface area contributed by atoms with Crippen molar-refractivity contribution in [1.82, 2.24) is 5.32 Å². The van der Waals surface area contributed by atoms with E-state index in [1.54, 1.807) is 0 Å². The molecule has 222 valence electrons. The number of para-hydroxylation sites is 1. The van der Waals surface area contributed by atoms with Crippen LogP contribution >= 0.6 is 0 Å². The van der Waals surface area contributed by atoms with Gasteiger partial charge in [0.15, 0.2) is 11.6 Å². The summed E-state index contributed by atoms with van der Waals surface area (Å²) in [5.74, 6) is 1.73. The highest BCUT2D eigenvalue weighted by molar-refractivity contribution is 6.01. The number of ether oxygens (including phenoxy) is 3. The van der Waals surface area contributed by atoms with Gasteiger partial charge in [0.2, 0.25) is 5.90 Å². The summed E-state index contributed by atoms with van der Waals surface area (Å²) >= 11 is 0. The minimum Gasteiger partial charge on any atom is -0.494 e. The van der Waals surface area contributed by atoms with Crippen LogP contribution in [0.2, 0.25) is 0 Å². The first-order chi connectivity index (χ1) is 21.1. The molecule has 0 fully saturated rings. The summed E-state index contributed by atoms with van der Waals surface area (Å²) in [5.41, 5.74) is 2.41. The second-order valence-electron chi connectivity index (χ2n) is 10.4. The minimum atomic E-state index is -1.24. The quantitative estimate of drug-likeness (QED) is 0.187. The average molecular weight is 579 g/mol. The van der Waals surface area contributed by atoms with Gasteiger partial charge in [-0.25, -0.2) is 4.99 Å². The molecule has 0 unspecified atom stereocenters. The molecule has 1 heterocycles. The fourth-order valence-electron chi connectivity index (χ4n) is 5.29. The number of carbonyl (C=O) groups excluding carboxylic acids is 1. The second-order valence-corrected chi connectivity index (χ2v) is 10.4. The van der Waals surface area contributed by atoms with E-state index in [9.17, 15) is 4.79 Å². The number of rotatable bonds is 14. The van der Waals surface area contributed by atoms with Gasteiger partial charge in [-0.05, 0) is 60.4 Å². The van der Waals surface area contributed by atoms with Crippen LogP contribution in [0.15, 0.2) is 114 Å². The van der Waals surface area contributed by atoms with Crippen LogP contribution in [0.3, 0.4) is 0 Å². The van der Waals surface area contributed by atoms with Crippen LogP contribution in [0.25, 0.3) is 0 Å². The van der Waals surface area contributed by atoms with Crippen LogP contribution in [0.4, 0.5) is 0 Å². The van der Waals surface area contributed by atoms with Crippen LogP contribution in [0.1, 0.15) is 41.7 Å². The highest BCUT2D eigenvalue weighted by Crippen LogP contribution is 2.42. The Kier molecular flexibility index (Phi) is 10.1. The van der Waals surface area contributed by atoms with E-state index in [2.05, 4.69) is 5.32 Å². The van der Waals surface area contributed by atoms with Crippen LogP contribution in [-0.4, -0.2) is 48.8 Å². The van der Waals surface area contributed by atoms with Crippen molar-refractivity contribution in [1.29, 1.82) is 0 Å². The third kappa shape index (κ3) is 7.24. The number of aliphatic hydroxyl groups is 1. The maximum Gasteiger partial charge on any atom is 0.252 e. The molecule has 2 atom stereocenters. The summed E-state index contributed by atoms with van der Waals surface area (Å²) in [6, 6.07) is 35.1. The van der Waals surface area contributed by atoms with Crippen molar-refractivity contribution in [2.75, 3.05) is 26.4 Å². The number of aliphatic imine (C=N–C) groups is 1. The number of hydrogen-bond acceptors (Lipinski definition) is 6. The zero-order valence-corrected chi connectivity index (χ0v) is 24.4. The largest absolute Gasteiger partial charge is 0.494 e. The summed E-state index contributed by atoms with van der Waals surface area (Å²) in [7, 11) is 0. The fraction of sp³-hybridized carbons (Fsp3) is 0.278. The maximum atomic E-state index is 14.4. The SMILES string of the molecule is CCOc1ccccc1CCNC(=O)[C@]1(Cc2ccccc2)N=C(c2ccc(OCCCO)cc2)O[C@@H]1c1ccccc1. The normalized spacial score (nSPS) is 17.5. The highest BCUT2D eigenvalue weighted by atomic mass is 16.5. The Morgan fingerprint density at radius 1 is 0.907 bits per heavy atom. The summed E-state index contributed by atoms with van der Waals surface area (Å²) in [5, 5.41) is 12.2. The molecule has 1 aliphatic rings. The van der Waals surface area contributed by atoms with Gasteiger partial charge in [0.25, 0.3) is 5.91 Å². The van der Waals surface area contributed by atoms with Crippen molar-refractivity contribution in [2.45, 2.75) is 37.8 Å². The number of amides is 1. The first kappa shape index (κ1) is 29.9. The van der Waals surface area contributed by atoms with Crippen LogP contribution < -0.4 is 14.8 Å². The molecule has 0 radical (unpaired) electrons. The molecule has 4 aromatic rings. The Labute approximate surface area is 253 Å². The molecule has 7 nitrogen and oxygen atoms in total. The smallest absolute Gasteiger partial charge is 0.252 e. The maximum absolute atomic E-state index is 14.4. The summed E-state index contributed by atoms with van der Waals surface area (Å²) in [6.45, 7) is 3.47. The lowest BCUT2D eigenvalue weighted by Crippen LogP contribution is -2.50. The third-order valence-electron chi connectivity index (χ3n) is 7.40. The van der Waals surface area contributed by atoms with E-state index in [-0.39, 0.29) is 12.5 Å². The lowest BCUT2D eigenvalue weighted by Gasteiger charge is -2.31. The van der Waals surface area contributed by atoms with Gasteiger partial charge in [-0.2, -0.15) is 0 Å².